The van der Waals surface area contributed by atoms with E-state index in [0.29, 0.717) is 6.41 Å². The third-order valence-corrected chi connectivity index (χ3v) is 0.401. The third kappa shape index (κ3) is 37.1. The Kier molecular flexibility index (Phi) is 13.0. The summed E-state index contributed by atoms with van der Waals surface area (Å²) in [7, 11) is 3.25. The molecule has 3 heteroatoms. The van der Waals surface area contributed by atoms with Crippen LogP contribution in [0, 0.1) is 0 Å². The van der Waals surface area contributed by atoms with Crippen LogP contribution in [-0.2, 0) is 9.53 Å². The predicted molar refractivity (Wildman–Crippen MR) is 37.3 cm³/mol. The van der Waals surface area contributed by atoms with Crippen molar-refractivity contribution in [1.82, 2.24) is 5.32 Å². The normalized spacial score (nSPS) is 7.67. The summed E-state index contributed by atoms with van der Waals surface area (Å²) < 4.78 is 4.25. The summed E-state index contributed by atoms with van der Waals surface area (Å²) in [5.74, 6) is 0. The van der Waals surface area contributed by atoms with E-state index < -0.39 is 0 Å². The largest absolute Gasteiger partial charge is 0.388 e. The van der Waals surface area contributed by atoms with E-state index in [1.165, 1.54) is 0 Å². The first kappa shape index (κ1) is 11.3. The molecule has 1 N–H and O–H groups in total. The van der Waals surface area contributed by atoms with Gasteiger partial charge in [-0.05, 0) is 13.8 Å². The van der Waals surface area contributed by atoms with Crippen molar-refractivity contribution in [3.8, 4) is 0 Å². The van der Waals surface area contributed by atoms with E-state index in [-0.39, 0.29) is 6.04 Å². The highest BCUT2D eigenvalue weighted by Gasteiger charge is 1.81. The van der Waals surface area contributed by atoms with Crippen molar-refractivity contribution >= 4 is 6.41 Å². The van der Waals surface area contributed by atoms with Gasteiger partial charge in [-0.15, -0.1) is 0 Å². The van der Waals surface area contributed by atoms with E-state index in [4.69, 9.17) is 0 Å². The van der Waals surface area contributed by atoms with Crippen LogP contribution in [0.25, 0.3) is 0 Å². The molecule has 0 aliphatic carbocycles. The van der Waals surface area contributed by atoms with Crippen molar-refractivity contribution in [2.75, 3.05) is 14.2 Å². The smallest absolute Gasteiger partial charge is 0.207 e. The summed E-state index contributed by atoms with van der Waals surface area (Å²) in [4.78, 5) is 9.50. The van der Waals surface area contributed by atoms with Crippen molar-refractivity contribution in [1.29, 1.82) is 0 Å². The van der Waals surface area contributed by atoms with Gasteiger partial charge in [-0.1, -0.05) is 0 Å². The van der Waals surface area contributed by atoms with Crippen molar-refractivity contribution in [3.05, 3.63) is 0 Å². The molecule has 0 rings (SSSR count). The Morgan fingerprint density at radius 3 is 1.78 bits per heavy atom. The molecule has 0 bridgehead atoms. The molecule has 3 nitrogen and oxygen atoms in total. The number of carbonyl (C=O) groups excluding carboxylic acids is 1. The van der Waals surface area contributed by atoms with Gasteiger partial charge in [0, 0.05) is 20.3 Å². The molecule has 9 heavy (non-hydrogen) atoms. The van der Waals surface area contributed by atoms with Crippen LogP contribution >= 0.6 is 0 Å². The number of hydrogen-bond acceptors (Lipinski definition) is 2. The molecule has 0 saturated heterocycles. The molecule has 0 aromatic heterocycles. The minimum atomic E-state index is 0.280. The molecule has 0 aromatic carbocycles. The van der Waals surface area contributed by atoms with Crippen molar-refractivity contribution in [2.24, 2.45) is 0 Å². The molecule has 0 aliphatic heterocycles. The highest BCUT2D eigenvalue weighted by Crippen LogP contribution is 1.67. The zero-order valence-corrected chi connectivity index (χ0v) is 6.47. The zero-order valence-electron chi connectivity index (χ0n) is 6.47. The van der Waals surface area contributed by atoms with E-state index in [1.807, 2.05) is 13.8 Å². The van der Waals surface area contributed by atoms with Crippen molar-refractivity contribution in [3.63, 3.8) is 0 Å². The molecule has 0 unspecified atom stereocenters. The molecule has 1 amide bonds. The summed E-state index contributed by atoms with van der Waals surface area (Å²) >= 11 is 0. The average Bonchev–Trinajstić information content (AvgIpc) is 1.67. The Labute approximate surface area is 56.4 Å². The van der Waals surface area contributed by atoms with Crippen LogP contribution in [0.2, 0.25) is 0 Å². The van der Waals surface area contributed by atoms with Gasteiger partial charge in [0.05, 0.1) is 0 Å². The highest BCUT2D eigenvalue weighted by atomic mass is 16.4. The van der Waals surface area contributed by atoms with Crippen molar-refractivity contribution < 1.29 is 9.53 Å². The second kappa shape index (κ2) is 10.4. The summed E-state index contributed by atoms with van der Waals surface area (Å²) in [6.45, 7) is 3.82. The fourth-order valence-corrected chi connectivity index (χ4v) is 0.136. The number of methoxy groups -OCH3 is 1. The van der Waals surface area contributed by atoms with Gasteiger partial charge in [0.25, 0.3) is 0 Å². The molecule has 0 atom stereocenters. The minimum absolute atomic E-state index is 0.280. The zero-order chi connectivity index (χ0) is 7.70. The van der Waals surface area contributed by atoms with Gasteiger partial charge in [-0.2, -0.15) is 0 Å². The molecule has 0 aromatic rings. The first-order valence-corrected chi connectivity index (χ1v) is 2.78. The number of hydrogen-bond donors (Lipinski definition) is 1. The van der Waals surface area contributed by atoms with Gasteiger partial charge >= 0.3 is 0 Å². The second-order valence-corrected chi connectivity index (χ2v) is 1.85. The number of carbonyl (C=O) groups is 1. The van der Waals surface area contributed by atoms with E-state index in [9.17, 15) is 4.79 Å². The number of ether oxygens (including phenoxy) is 1. The molecule has 0 radical (unpaired) electrons. The standard InChI is InChI=1S/C4H9NO.C2H6O/c1-4(2)5-3-6;1-3-2/h3-4H,1-2H3,(H,5,6);1-2H3. The Morgan fingerprint density at radius 2 is 1.78 bits per heavy atom. The molecular weight excluding hydrogens is 118 g/mol. The van der Waals surface area contributed by atoms with Crippen LogP contribution in [-0.4, -0.2) is 26.7 Å². The maximum Gasteiger partial charge on any atom is 0.207 e. The minimum Gasteiger partial charge on any atom is -0.388 e. The summed E-state index contributed by atoms with van der Waals surface area (Å²) in [6.07, 6.45) is 0.699. The van der Waals surface area contributed by atoms with E-state index in [2.05, 4.69) is 10.1 Å². The highest BCUT2D eigenvalue weighted by molar-refractivity contribution is 5.46. The van der Waals surface area contributed by atoms with Crippen LogP contribution in [0.15, 0.2) is 0 Å². The van der Waals surface area contributed by atoms with E-state index in [1.54, 1.807) is 14.2 Å². The predicted octanol–water partition coefficient (Wildman–Crippen LogP) is 0.403. The fraction of sp³-hybridized carbons (Fsp3) is 0.833. The lowest BCUT2D eigenvalue weighted by atomic mass is 10.4. The average molecular weight is 133 g/mol. The number of rotatable bonds is 2. The second-order valence-electron chi connectivity index (χ2n) is 1.85. The molecule has 0 aliphatic rings. The Balaban J connectivity index is 0. The van der Waals surface area contributed by atoms with Gasteiger partial charge in [-0.25, -0.2) is 0 Å². The quantitative estimate of drug-likeness (QED) is 0.554. The topological polar surface area (TPSA) is 38.3 Å². The van der Waals surface area contributed by atoms with Gasteiger partial charge in [0.15, 0.2) is 0 Å². The summed E-state index contributed by atoms with van der Waals surface area (Å²) in [5, 5.41) is 2.53. The van der Waals surface area contributed by atoms with E-state index >= 15 is 0 Å². The Bertz CT molecular complexity index is 55.0. The Hall–Kier alpha value is -0.570. The van der Waals surface area contributed by atoms with Gasteiger partial charge < -0.3 is 10.1 Å². The maximum absolute atomic E-state index is 9.50. The van der Waals surface area contributed by atoms with Crippen LogP contribution in [0.1, 0.15) is 13.8 Å². The van der Waals surface area contributed by atoms with Gasteiger partial charge in [0.2, 0.25) is 6.41 Å². The fourth-order valence-electron chi connectivity index (χ4n) is 0.136. The third-order valence-electron chi connectivity index (χ3n) is 0.401. The molecule has 0 fully saturated rings. The van der Waals surface area contributed by atoms with Crippen LogP contribution < -0.4 is 5.32 Å². The SMILES string of the molecule is CC(C)NC=O.COC. The van der Waals surface area contributed by atoms with Crippen molar-refractivity contribution in [2.45, 2.75) is 19.9 Å². The lowest BCUT2D eigenvalue weighted by Gasteiger charge is -1.96. The molecule has 0 spiro atoms. The molecular formula is C6H15NO2. The Morgan fingerprint density at radius 1 is 1.44 bits per heavy atom. The lowest BCUT2D eigenvalue weighted by Crippen LogP contribution is -2.19. The first-order chi connectivity index (χ1) is 4.18. The maximum atomic E-state index is 9.50. The summed E-state index contributed by atoms with van der Waals surface area (Å²) in [5.41, 5.74) is 0. The number of amides is 1. The molecule has 56 valence electrons. The first-order valence-electron chi connectivity index (χ1n) is 2.78. The van der Waals surface area contributed by atoms with Gasteiger partial charge in [-0.3, -0.25) is 4.79 Å². The van der Waals surface area contributed by atoms with Crippen LogP contribution in [0.4, 0.5) is 0 Å². The van der Waals surface area contributed by atoms with Crippen LogP contribution in [0.5, 0.6) is 0 Å². The monoisotopic (exact) mass is 133 g/mol. The number of nitrogens with one attached hydrogen (secondary N) is 1. The van der Waals surface area contributed by atoms with E-state index in [0.717, 1.165) is 0 Å². The van der Waals surface area contributed by atoms with Gasteiger partial charge in [0.1, 0.15) is 0 Å². The lowest BCUT2D eigenvalue weighted by molar-refractivity contribution is -0.109. The summed E-state index contributed by atoms with van der Waals surface area (Å²) in [6, 6.07) is 0.280. The molecule has 0 saturated carbocycles. The molecule has 0 heterocycles. The van der Waals surface area contributed by atoms with Crippen LogP contribution in [0.3, 0.4) is 0 Å².